The fourth-order valence-electron chi connectivity index (χ4n) is 2.98. The van der Waals surface area contributed by atoms with Gasteiger partial charge in [-0.25, -0.2) is 0 Å². The predicted molar refractivity (Wildman–Crippen MR) is 100 cm³/mol. The highest BCUT2D eigenvalue weighted by Crippen LogP contribution is 2.24. The number of benzene rings is 2. The Morgan fingerprint density at radius 2 is 1.54 bits per heavy atom. The first-order chi connectivity index (χ1) is 11.7. The minimum atomic E-state index is -0.0342. The molecule has 0 aliphatic carbocycles. The van der Waals surface area contributed by atoms with Gasteiger partial charge in [-0.15, -0.1) is 11.8 Å². The molecule has 1 aliphatic heterocycles. The molecule has 0 N–H and O–H groups in total. The molecule has 24 heavy (non-hydrogen) atoms. The van der Waals surface area contributed by atoms with Gasteiger partial charge in [-0.05, 0) is 24.6 Å². The molecule has 1 amide bonds. The molecule has 126 valence electrons. The highest BCUT2D eigenvalue weighted by Gasteiger charge is 2.25. The molecule has 0 aromatic heterocycles. The number of amides is 1. The largest absolute Gasteiger partial charge is 0.339 e. The van der Waals surface area contributed by atoms with E-state index in [1.807, 2.05) is 36.1 Å². The van der Waals surface area contributed by atoms with E-state index in [1.165, 1.54) is 5.56 Å². The maximum Gasteiger partial charge on any atom is 0.235 e. The molecule has 1 aliphatic rings. The maximum absolute atomic E-state index is 12.7. The summed E-state index contributed by atoms with van der Waals surface area (Å²) in [5.74, 6) is 0.253. The third-order valence-corrected chi connectivity index (χ3v) is 5.44. The molecular formula is C20H24N2OS. The van der Waals surface area contributed by atoms with Crippen LogP contribution in [0.1, 0.15) is 12.5 Å². The summed E-state index contributed by atoms with van der Waals surface area (Å²) in [5, 5.41) is -0.0342. The van der Waals surface area contributed by atoms with Crippen LogP contribution in [0.5, 0.6) is 0 Å². The van der Waals surface area contributed by atoms with Gasteiger partial charge < -0.3 is 4.90 Å². The van der Waals surface area contributed by atoms with Crippen molar-refractivity contribution in [3.63, 3.8) is 0 Å². The summed E-state index contributed by atoms with van der Waals surface area (Å²) in [7, 11) is 0. The van der Waals surface area contributed by atoms with E-state index in [9.17, 15) is 4.79 Å². The first kappa shape index (κ1) is 17.1. The van der Waals surface area contributed by atoms with Gasteiger partial charge in [0.25, 0.3) is 0 Å². The van der Waals surface area contributed by atoms with E-state index >= 15 is 0 Å². The SMILES string of the molecule is C[C@H](Sc1ccccc1)C(=O)N1CCN(Cc2ccccc2)CC1. The first-order valence-electron chi connectivity index (χ1n) is 8.49. The fraction of sp³-hybridized carbons (Fsp3) is 0.350. The first-order valence-corrected chi connectivity index (χ1v) is 9.37. The van der Waals surface area contributed by atoms with Crippen LogP contribution in [0.2, 0.25) is 0 Å². The second kappa shape index (κ2) is 8.36. The van der Waals surface area contributed by atoms with E-state index in [4.69, 9.17) is 0 Å². The standard InChI is InChI=1S/C20H24N2OS/c1-17(24-19-10-6-3-7-11-19)20(23)22-14-12-21(13-15-22)16-18-8-4-2-5-9-18/h2-11,17H,12-16H2,1H3/t17-/m0/s1. The molecule has 1 saturated heterocycles. The summed E-state index contributed by atoms with van der Waals surface area (Å²) in [6, 6.07) is 20.7. The molecule has 3 rings (SSSR count). The van der Waals surface area contributed by atoms with Crippen molar-refractivity contribution in [2.24, 2.45) is 0 Å². The summed E-state index contributed by atoms with van der Waals surface area (Å²) in [4.78, 5) is 18.2. The summed E-state index contributed by atoms with van der Waals surface area (Å²) in [5.41, 5.74) is 1.34. The third kappa shape index (κ3) is 4.62. The van der Waals surface area contributed by atoms with Gasteiger partial charge >= 0.3 is 0 Å². The van der Waals surface area contributed by atoms with Gasteiger partial charge in [0.15, 0.2) is 0 Å². The van der Waals surface area contributed by atoms with E-state index in [0.29, 0.717) is 0 Å². The van der Waals surface area contributed by atoms with Crippen LogP contribution in [0.3, 0.4) is 0 Å². The molecule has 2 aromatic carbocycles. The van der Waals surface area contributed by atoms with Crippen LogP contribution in [0.25, 0.3) is 0 Å². The number of piperazine rings is 1. The Morgan fingerprint density at radius 1 is 0.958 bits per heavy atom. The summed E-state index contributed by atoms with van der Waals surface area (Å²) in [6.07, 6.45) is 0. The molecule has 1 heterocycles. The van der Waals surface area contributed by atoms with Crippen molar-refractivity contribution >= 4 is 17.7 Å². The van der Waals surface area contributed by atoms with Crippen LogP contribution >= 0.6 is 11.8 Å². The van der Waals surface area contributed by atoms with Crippen molar-refractivity contribution in [2.75, 3.05) is 26.2 Å². The second-order valence-corrected chi connectivity index (χ2v) is 7.57. The fourth-order valence-corrected chi connectivity index (χ4v) is 3.95. The zero-order valence-corrected chi connectivity index (χ0v) is 14.9. The summed E-state index contributed by atoms with van der Waals surface area (Å²) < 4.78 is 0. The molecule has 0 spiro atoms. The average molecular weight is 340 g/mol. The Morgan fingerprint density at radius 3 is 2.17 bits per heavy atom. The topological polar surface area (TPSA) is 23.6 Å². The van der Waals surface area contributed by atoms with Crippen molar-refractivity contribution in [3.05, 3.63) is 66.2 Å². The molecule has 0 unspecified atom stereocenters. The highest BCUT2D eigenvalue weighted by atomic mass is 32.2. The molecule has 0 radical (unpaired) electrons. The van der Waals surface area contributed by atoms with Crippen LogP contribution in [0, 0.1) is 0 Å². The molecule has 0 saturated carbocycles. The lowest BCUT2D eigenvalue weighted by Crippen LogP contribution is -2.50. The summed E-state index contributed by atoms with van der Waals surface area (Å²) >= 11 is 1.64. The number of hydrogen-bond donors (Lipinski definition) is 0. The number of thioether (sulfide) groups is 1. The minimum absolute atomic E-state index is 0.0342. The number of carbonyl (C=O) groups is 1. The molecule has 2 aromatic rings. The number of carbonyl (C=O) groups excluding carboxylic acids is 1. The Balaban J connectivity index is 1.48. The van der Waals surface area contributed by atoms with E-state index in [0.717, 1.165) is 37.6 Å². The Kier molecular flexibility index (Phi) is 5.94. The van der Waals surface area contributed by atoms with E-state index in [-0.39, 0.29) is 11.2 Å². The lowest BCUT2D eigenvalue weighted by Gasteiger charge is -2.35. The zero-order chi connectivity index (χ0) is 16.8. The van der Waals surface area contributed by atoms with Crippen molar-refractivity contribution in [3.8, 4) is 0 Å². The van der Waals surface area contributed by atoms with Crippen molar-refractivity contribution in [1.82, 2.24) is 9.80 Å². The predicted octanol–water partition coefficient (Wildman–Crippen LogP) is 3.51. The minimum Gasteiger partial charge on any atom is -0.339 e. The normalized spacial score (nSPS) is 16.8. The van der Waals surface area contributed by atoms with Crippen molar-refractivity contribution in [2.45, 2.75) is 23.6 Å². The van der Waals surface area contributed by atoms with Gasteiger partial charge in [-0.2, -0.15) is 0 Å². The van der Waals surface area contributed by atoms with Crippen LogP contribution < -0.4 is 0 Å². The van der Waals surface area contributed by atoms with Gasteiger partial charge in [0, 0.05) is 37.6 Å². The van der Waals surface area contributed by atoms with Gasteiger partial charge in [0.1, 0.15) is 0 Å². The van der Waals surface area contributed by atoms with Gasteiger partial charge in [-0.1, -0.05) is 48.5 Å². The Labute approximate surface area is 148 Å². The van der Waals surface area contributed by atoms with Crippen LogP contribution in [0.15, 0.2) is 65.6 Å². The molecule has 3 nitrogen and oxygen atoms in total. The Bertz CT molecular complexity index is 639. The van der Waals surface area contributed by atoms with Gasteiger partial charge in [-0.3, -0.25) is 9.69 Å². The molecule has 1 fully saturated rings. The van der Waals surface area contributed by atoms with E-state index in [2.05, 4.69) is 41.3 Å². The molecule has 0 bridgehead atoms. The van der Waals surface area contributed by atoms with Crippen molar-refractivity contribution < 1.29 is 4.79 Å². The van der Waals surface area contributed by atoms with E-state index in [1.54, 1.807) is 11.8 Å². The molecule has 4 heteroatoms. The maximum atomic E-state index is 12.7. The number of rotatable bonds is 5. The smallest absolute Gasteiger partial charge is 0.235 e. The average Bonchev–Trinajstić information content (AvgIpc) is 2.63. The Hall–Kier alpha value is -1.78. The van der Waals surface area contributed by atoms with E-state index < -0.39 is 0 Å². The zero-order valence-electron chi connectivity index (χ0n) is 14.1. The monoisotopic (exact) mass is 340 g/mol. The lowest BCUT2D eigenvalue weighted by atomic mass is 10.2. The van der Waals surface area contributed by atoms with Gasteiger partial charge in [0.2, 0.25) is 5.91 Å². The van der Waals surface area contributed by atoms with Crippen LogP contribution in [-0.2, 0) is 11.3 Å². The van der Waals surface area contributed by atoms with Crippen LogP contribution in [0.4, 0.5) is 0 Å². The van der Waals surface area contributed by atoms with Crippen molar-refractivity contribution in [1.29, 1.82) is 0 Å². The summed E-state index contributed by atoms with van der Waals surface area (Å²) in [6.45, 7) is 6.52. The molecule has 1 atom stereocenters. The van der Waals surface area contributed by atoms with Gasteiger partial charge in [0.05, 0.1) is 5.25 Å². The third-order valence-electron chi connectivity index (χ3n) is 4.34. The number of hydrogen-bond acceptors (Lipinski definition) is 3. The van der Waals surface area contributed by atoms with Crippen LogP contribution in [-0.4, -0.2) is 47.1 Å². The molecular weight excluding hydrogens is 316 g/mol. The lowest BCUT2D eigenvalue weighted by molar-refractivity contribution is -0.132. The number of nitrogens with zero attached hydrogens (tertiary/aromatic N) is 2. The quantitative estimate of drug-likeness (QED) is 0.778. The highest BCUT2D eigenvalue weighted by molar-refractivity contribution is 8.00. The second-order valence-electron chi connectivity index (χ2n) is 6.16.